The summed E-state index contributed by atoms with van der Waals surface area (Å²) in [6.07, 6.45) is 11.5. The second kappa shape index (κ2) is 13.9. The van der Waals surface area contributed by atoms with E-state index in [-0.39, 0.29) is 98.7 Å². The fourth-order valence-corrected chi connectivity index (χ4v) is 12.7. The van der Waals surface area contributed by atoms with Crippen molar-refractivity contribution in [1.82, 2.24) is 5.32 Å². The Hall–Kier alpha value is 1.25. The third-order valence-electron chi connectivity index (χ3n) is 14.6. The topological polar surface area (TPSA) is 119 Å². The zero-order chi connectivity index (χ0) is 30.9. The molecule has 0 saturated heterocycles. The standard InChI is InChI=1S/C34H58NO6P.2Na/c1-22(2)23-12-17-34(29(37)35-20-8-9-21-41-42(38,39)40)19-18-32(6)24(28(23)34)10-11-26-31(5)15-14-27(36)30(3,4)25(31)13-16-33(26,32)7;;/h22-26,28H,8-21H2,1-7H3,(H,35,37)(H2,38,39,40);;/q;2*+1/p-2/t23-,24+,25-,26+,28+,31-,32+,33+,34-;;/m0../s1. The first-order valence-electron chi connectivity index (χ1n) is 16.9. The second-order valence-corrected chi connectivity index (χ2v) is 17.8. The summed E-state index contributed by atoms with van der Waals surface area (Å²) in [4.78, 5) is 48.7. The van der Waals surface area contributed by atoms with E-state index in [0.29, 0.717) is 67.1 Å². The van der Waals surface area contributed by atoms with Crippen LogP contribution in [-0.4, -0.2) is 24.8 Å². The molecule has 5 rings (SSSR count). The van der Waals surface area contributed by atoms with Gasteiger partial charge in [-0.25, -0.2) is 0 Å². The summed E-state index contributed by atoms with van der Waals surface area (Å²) in [5.74, 6) is 3.66. The molecule has 7 nitrogen and oxygen atoms in total. The molecule has 0 aliphatic heterocycles. The third-order valence-corrected chi connectivity index (χ3v) is 15.1. The summed E-state index contributed by atoms with van der Waals surface area (Å²) in [6, 6.07) is 0. The molecule has 1 amide bonds. The Bertz CT molecular complexity index is 1130. The van der Waals surface area contributed by atoms with Crippen LogP contribution in [-0.2, 0) is 18.7 Å². The number of carbonyl (C=O) groups excluding carboxylic acids is 2. The van der Waals surface area contributed by atoms with E-state index >= 15 is 0 Å². The van der Waals surface area contributed by atoms with E-state index in [2.05, 4.69) is 58.3 Å². The van der Waals surface area contributed by atoms with Crippen molar-refractivity contribution in [1.29, 1.82) is 0 Å². The SMILES string of the molecule is CC(C)[C@@H]1CC[C@]2(C(=O)NCCCCOP(=O)([O-])[O-])CC[C@]3(C)[C@H](CC[C@@H]4[C@@]5(C)CCC(=O)C(C)(C)[C@@H]5CC[C@]43C)[C@@H]12.[Na+].[Na+]. The fourth-order valence-electron chi connectivity index (χ4n) is 12.4. The van der Waals surface area contributed by atoms with Crippen LogP contribution < -0.4 is 74.2 Å². The average Bonchev–Trinajstić information content (AvgIpc) is 3.29. The number of rotatable bonds is 8. The summed E-state index contributed by atoms with van der Waals surface area (Å²) in [5.41, 5.74) is -0.0158. The smallest absolute Gasteiger partial charge is 0.790 e. The Morgan fingerprint density at radius 1 is 0.909 bits per heavy atom. The molecular weight excluding hydrogens is 595 g/mol. The van der Waals surface area contributed by atoms with Gasteiger partial charge < -0.3 is 24.2 Å². The molecule has 5 fully saturated rings. The van der Waals surface area contributed by atoms with E-state index < -0.39 is 7.82 Å². The van der Waals surface area contributed by atoms with Crippen molar-refractivity contribution in [3.05, 3.63) is 0 Å². The minimum absolute atomic E-state index is 0. The molecule has 0 aromatic heterocycles. The predicted octanol–water partition coefficient (Wildman–Crippen LogP) is 0.0427. The van der Waals surface area contributed by atoms with E-state index in [9.17, 15) is 23.9 Å². The molecule has 44 heavy (non-hydrogen) atoms. The number of fused-ring (bicyclic) bond motifs is 7. The maximum atomic E-state index is 14.1. The van der Waals surface area contributed by atoms with Crippen molar-refractivity contribution >= 4 is 19.5 Å². The van der Waals surface area contributed by atoms with E-state index in [1.807, 2.05) is 0 Å². The van der Waals surface area contributed by atoms with Gasteiger partial charge in [0.2, 0.25) is 5.91 Å². The van der Waals surface area contributed by atoms with E-state index in [0.717, 1.165) is 38.5 Å². The Morgan fingerprint density at radius 3 is 2.23 bits per heavy atom. The molecular formula is C34H56NNa2O6P. The van der Waals surface area contributed by atoms with E-state index in [1.165, 1.54) is 19.3 Å². The number of Topliss-reactive ketones (excluding diaryl/α,β-unsaturated/α-hetero) is 1. The van der Waals surface area contributed by atoms with Crippen molar-refractivity contribution in [3.8, 4) is 0 Å². The zero-order valence-electron chi connectivity index (χ0n) is 29.3. The maximum absolute atomic E-state index is 14.1. The molecule has 0 bridgehead atoms. The van der Waals surface area contributed by atoms with Gasteiger partial charge in [0.25, 0.3) is 0 Å². The molecule has 5 saturated carbocycles. The summed E-state index contributed by atoms with van der Waals surface area (Å²) in [5, 5.41) is 3.25. The molecule has 0 spiro atoms. The third kappa shape index (κ3) is 6.35. The molecule has 5 aliphatic rings. The number of hydrogen-bond donors (Lipinski definition) is 1. The van der Waals surface area contributed by atoms with Crippen LogP contribution in [0.25, 0.3) is 0 Å². The first kappa shape index (κ1) is 39.7. The van der Waals surface area contributed by atoms with Gasteiger partial charge in [-0.3, -0.25) is 9.59 Å². The number of carbonyl (C=O) groups is 2. The number of nitrogens with one attached hydrogen (secondary N) is 1. The van der Waals surface area contributed by atoms with Crippen LogP contribution in [0.4, 0.5) is 0 Å². The molecule has 0 aromatic rings. The summed E-state index contributed by atoms with van der Waals surface area (Å²) in [7, 11) is -4.95. The number of phosphoric ester groups is 1. The van der Waals surface area contributed by atoms with Crippen LogP contribution in [0.15, 0.2) is 0 Å². The minimum atomic E-state index is -4.95. The summed E-state index contributed by atoms with van der Waals surface area (Å²) >= 11 is 0. The second-order valence-electron chi connectivity index (χ2n) is 16.7. The van der Waals surface area contributed by atoms with Crippen molar-refractivity contribution in [2.75, 3.05) is 13.2 Å². The number of ketones is 1. The first-order valence-corrected chi connectivity index (χ1v) is 18.4. The average molecular weight is 652 g/mol. The Morgan fingerprint density at radius 2 is 1.59 bits per heavy atom. The van der Waals surface area contributed by atoms with Gasteiger partial charge in [0.15, 0.2) is 0 Å². The van der Waals surface area contributed by atoms with Crippen LogP contribution >= 0.6 is 7.82 Å². The van der Waals surface area contributed by atoms with Gasteiger partial charge in [0, 0.05) is 18.4 Å². The molecule has 240 valence electrons. The minimum Gasteiger partial charge on any atom is -0.790 e. The van der Waals surface area contributed by atoms with Crippen molar-refractivity contribution < 1.29 is 87.6 Å². The predicted molar refractivity (Wildman–Crippen MR) is 160 cm³/mol. The molecule has 1 N–H and O–H groups in total. The molecule has 0 heterocycles. The van der Waals surface area contributed by atoms with Gasteiger partial charge in [0.05, 0.1) is 19.8 Å². The zero-order valence-corrected chi connectivity index (χ0v) is 34.2. The van der Waals surface area contributed by atoms with Crippen molar-refractivity contribution in [2.45, 2.75) is 126 Å². The van der Waals surface area contributed by atoms with Crippen LogP contribution in [0.5, 0.6) is 0 Å². The van der Waals surface area contributed by atoms with E-state index in [4.69, 9.17) is 0 Å². The number of phosphoric acid groups is 1. The molecule has 5 aliphatic carbocycles. The Balaban J connectivity index is 0.00000264. The first-order chi connectivity index (χ1) is 19.4. The maximum Gasteiger partial charge on any atom is 1.00 e. The summed E-state index contributed by atoms with van der Waals surface area (Å²) < 4.78 is 15.1. The van der Waals surface area contributed by atoms with E-state index in [1.54, 1.807) is 0 Å². The molecule has 0 unspecified atom stereocenters. The number of hydrogen-bond acceptors (Lipinski definition) is 6. The van der Waals surface area contributed by atoms with Crippen LogP contribution in [0, 0.1) is 62.6 Å². The van der Waals surface area contributed by atoms with Crippen LogP contribution in [0.2, 0.25) is 0 Å². The van der Waals surface area contributed by atoms with Crippen LogP contribution in [0.3, 0.4) is 0 Å². The largest absolute Gasteiger partial charge is 1.00 e. The van der Waals surface area contributed by atoms with Gasteiger partial charge >= 0.3 is 59.1 Å². The summed E-state index contributed by atoms with van der Waals surface area (Å²) in [6.45, 7) is 17.2. The molecule has 9 atom stereocenters. The van der Waals surface area contributed by atoms with Gasteiger partial charge in [0.1, 0.15) is 5.78 Å². The number of amides is 1. The van der Waals surface area contributed by atoms with Crippen LogP contribution in [0.1, 0.15) is 126 Å². The Labute approximate surface area is 311 Å². The molecule has 0 radical (unpaired) electrons. The normalized spacial score (nSPS) is 42.6. The van der Waals surface area contributed by atoms with Gasteiger partial charge in [-0.1, -0.05) is 48.5 Å². The Kier molecular flexibility index (Phi) is 12.5. The molecule has 0 aromatic carbocycles. The quantitative estimate of drug-likeness (QED) is 0.225. The van der Waals surface area contributed by atoms with Gasteiger partial charge in [-0.15, -0.1) is 0 Å². The van der Waals surface area contributed by atoms with Gasteiger partial charge in [-0.05, 0) is 122 Å². The van der Waals surface area contributed by atoms with Crippen molar-refractivity contribution in [2.24, 2.45) is 62.6 Å². The fraction of sp³-hybridized carbons (Fsp3) is 0.941. The monoisotopic (exact) mass is 651 g/mol. The number of unbranched alkanes of at least 4 members (excludes halogenated alkanes) is 1. The molecule has 10 heteroatoms. The van der Waals surface area contributed by atoms with Crippen molar-refractivity contribution in [3.63, 3.8) is 0 Å². The van der Waals surface area contributed by atoms with Gasteiger partial charge in [-0.2, -0.15) is 0 Å².